The number of carbonyl (C=O) groups is 4. The van der Waals surface area contributed by atoms with Crippen molar-refractivity contribution in [2.45, 2.75) is 12.5 Å². The van der Waals surface area contributed by atoms with Gasteiger partial charge in [-0.05, 0) is 23.6 Å². The van der Waals surface area contributed by atoms with Gasteiger partial charge < -0.3 is 20.7 Å². The molecular weight excluding hydrogens is 450 g/mol. The van der Waals surface area contributed by atoms with Gasteiger partial charge in [-0.1, -0.05) is 54.6 Å². The van der Waals surface area contributed by atoms with Crippen LogP contribution in [-0.2, 0) is 19.1 Å². The van der Waals surface area contributed by atoms with Gasteiger partial charge in [-0.15, -0.1) is 0 Å². The second-order valence-corrected chi connectivity index (χ2v) is 7.82. The average Bonchev–Trinajstić information content (AvgIpc) is 3.14. The molecule has 0 aromatic heterocycles. The smallest absolute Gasteiger partial charge is 0.333 e. The van der Waals surface area contributed by atoms with Crippen molar-refractivity contribution in [1.82, 2.24) is 15.1 Å². The standard InChI is InChI=1S/C25H27N5O5/c1-35-24(33)22(18-6-3-2-4-7-18)30-21(32)16-29(25(30)34)15-5-14-28-20(31)13-10-17-8-11-19(12-9-17)23(26)27/h2-4,6-13,22H,5,14-16H2,1H3,(H3,26,27)(H,28,31). The Kier molecular flexibility index (Phi) is 8.33. The van der Waals surface area contributed by atoms with Crippen LogP contribution < -0.4 is 11.1 Å². The molecule has 1 heterocycles. The van der Waals surface area contributed by atoms with E-state index in [4.69, 9.17) is 15.9 Å². The minimum absolute atomic E-state index is 0.0274. The monoisotopic (exact) mass is 477 g/mol. The van der Waals surface area contributed by atoms with Crippen molar-refractivity contribution in [2.24, 2.45) is 5.73 Å². The average molecular weight is 478 g/mol. The SMILES string of the molecule is COC(=O)C(c1ccccc1)N1C(=O)CN(CCCNC(=O)C=Cc2ccc(C(=N)N)cc2)C1=O. The summed E-state index contributed by atoms with van der Waals surface area (Å²) in [7, 11) is 1.21. The molecule has 1 unspecified atom stereocenters. The summed E-state index contributed by atoms with van der Waals surface area (Å²) in [5, 5.41) is 10.1. The number of methoxy groups -OCH3 is 1. The third kappa shape index (κ3) is 6.32. The minimum Gasteiger partial charge on any atom is -0.467 e. The van der Waals surface area contributed by atoms with Gasteiger partial charge in [0.25, 0.3) is 5.91 Å². The largest absolute Gasteiger partial charge is 0.467 e. The number of esters is 1. The molecule has 4 amide bonds. The van der Waals surface area contributed by atoms with Crippen LogP contribution in [0, 0.1) is 5.41 Å². The number of hydrogen-bond acceptors (Lipinski definition) is 6. The lowest BCUT2D eigenvalue weighted by atomic mass is 10.1. The number of imide groups is 1. The first-order valence-corrected chi connectivity index (χ1v) is 11.0. The van der Waals surface area contributed by atoms with Crippen LogP contribution in [0.2, 0.25) is 0 Å². The van der Waals surface area contributed by atoms with Crippen molar-refractivity contribution in [2.75, 3.05) is 26.7 Å². The van der Waals surface area contributed by atoms with Crippen LogP contribution >= 0.6 is 0 Å². The van der Waals surface area contributed by atoms with E-state index in [1.807, 2.05) is 0 Å². The molecule has 0 spiro atoms. The zero-order chi connectivity index (χ0) is 25.4. The molecule has 0 radical (unpaired) electrons. The van der Waals surface area contributed by atoms with Gasteiger partial charge in [0.15, 0.2) is 6.04 Å². The summed E-state index contributed by atoms with van der Waals surface area (Å²) >= 11 is 0. The third-order valence-corrected chi connectivity index (χ3v) is 5.42. The van der Waals surface area contributed by atoms with Gasteiger partial charge in [0.1, 0.15) is 12.4 Å². The maximum Gasteiger partial charge on any atom is 0.333 e. The van der Waals surface area contributed by atoms with Crippen molar-refractivity contribution in [3.63, 3.8) is 0 Å². The van der Waals surface area contributed by atoms with Crippen molar-refractivity contribution < 1.29 is 23.9 Å². The Bertz CT molecular complexity index is 1130. The number of hydrogen-bond donors (Lipinski definition) is 3. The number of amides is 4. The number of nitrogens with zero attached hydrogens (tertiary/aromatic N) is 2. The fraction of sp³-hybridized carbons (Fsp3) is 0.240. The second-order valence-electron chi connectivity index (χ2n) is 7.82. The summed E-state index contributed by atoms with van der Waals surface area (Å²) in [6.45, 7) is 0.382. The minimum atomic E-state index is -1.15. The number of nitrogens with one attached hydrogen (secondary N) is 2. The van der Waals surface area contributed by atoms with E-state index in [9.17, 15) is 19.2 Å². The van der Waals surface area contributed by atoms with Gasteiger partial charge >= 0.3 is 12.0 Å². The Morgan fingerprint density at radius 2 is 1.83 bits per heavy atom. The molecule has 4 N–H and O–H groups in total. The Morgan fingerprint density at radius 3 is 2.46 bits per heavy atom. The van der Waals surface area contributed by atoms with Crippen LogP contribution in [0.15, 0.2) is 60.7 Å². The second kappa shape index (κ2) is 11.6. The molecule has 35 heavy (non-hydrogen) atoms. The summed E-state index contributed by atoms with van der Waals surface area (Å²) in [4.78, 5) is 52.2. The molecule has 182 valence electrons. The maximum atomic E-state index is 12.9. The zero-order valence-corrected chi connectivity index (χ0v) is 19.3. The van der Waals surface area contributed by atoms with Gasteiger partial charge in [-0.25, -0.2) is 14.5 Å². The predicted octanol–water partition coefficient (Wildman–Crippen LogP) is 1.67. The zero-order valence-electron chi connectivity index (χ0n) is 19.3. The van der Waals surface area contributed by atoms with Gasteiger partial charge in [0, 0.05) is 24.7 Å². The van der Waals surface area contributed by atoms with E-state index in [1.165, 1.54) is 18.1 Å². The molecule has 0 aliphatic carbocycles. The quantitative estimate of drug-likeness (QED) is 0.118. The number of urea groups is 1. The van der Waals surface area contributed by atoms with E-state index < -0.39 is 23.9 Å². The highest BCUT2D eigenvalue weighted by molar-refractivity contribution is 6.05. The Morgan fingerprint density at radius 1 is 1.14 bits per heavy atom. The molecule has 0 saturated carbocycles. The lowest BCUT2D eigenvalue weighted by Crippen LogP contribution is -2.40. The summed E-state index contributed by atoms with van der Waals surface area (Å²) < 4.78 is 4.83. The Labute approximate surface area is 202 Å². The Balaban J connectivity index is 1.51. The van der Waals surface area contributed by atoms with Crippen LogP contribution in [0.4, 0.5) is 4.79 Å². The first-order valence-electron chi connectivity index (χ1n) is 11.0. The molecule has 2 aromatic carbocycles. The van der Waals surface area contributed by atoms with E-state index in [1.54, 1.807) is 60.7 Å². The van der Waals surface area contributed by atoms with Crippen molar-refractivity contribution >= 4 is 35.7 Å². The number of ether oxygens (including phenoxy) is 1. The maximum absolute atomic E-state index is 12.9. The highest BCUT2D eigenvalue weighted by atomic mass is 16.5. The van der Waals surface area contributed by atoms with Gasteiger partial charge in [-0.3, -0.25) is 15.0 Å². The number of carbonyl (C=O) groups excluding carboxylic acids is 4. The lowest BCUT2D eigenvalue weighted by Gasteiger charge is -2.24. The number of nitrogen functional groups attached to an aromatic ring is 1. The van der Waals surface area contributed by atoms with Crippen molar-refractivity contribution in [3.05, 3.63) is 77.4 Å². The fourth-order valence-corrected chi connectivity index (χ4v) is 3.62. The molecule has 1 aliphatic rings. The fourth-order valence-electron chi connectivity index (χ4n) is 3.62. The first kappa shape index (κ1) is 25.2. The van der Waals surface area contributed by atoms with Gasteiger partial charge in [0.2, 0.25) is 5.91 Å². The van der Waals surface area contributed by atoms with Crippen LogP contribution in [0.5, 0.6) is 0 Å². The van der Waals surface area contributed by atoms with Crippen LogP contribution in [0.3, 0.4) is 0 Å². The van der Waals surface area contributed by atoms with E-state index in [-0.39, 0.29) is 24.8 Å². The van der Waals surface area contributed by atoms with Crippen LogP contribution in [0.1, 0.15) is 29.2 Å². The summed E-state index contributed by atoms with van der Waals surface area (Å²) in [6, 6.07) is 13.7. The molecule has 1 fully saturated rings. The lowest BCUT2D eigenvalue weighted by molar-refractivity contribution is -0.149. The molecule has 0 bridgehead atoms. The molecular formula is C25H27N5O5. The first-order chi connectivity index (χ1) is 16.8. The molecule has 10 heteroatoms. The summed E-state index contributed by atoms with van der Waals surface area (Å²) in [5.41, 5.74) is 7.28. The van der Waals surface area contributed by atoms with E-state index in [2.05, 4.69) is 5.32 Å². The molecule has 1 atom stereocenters. The van der Waals surface area contributed by atoms with Gasteiger partial charge in [0.05, 0.1) is 7.11 Å². The molecule has 2 aromatic rings. The highest BCUT2D eigenvalue weighted by Gasteiger charge is 2.44. The normalized spacial score (nSPS) is 14.3. The van der Waals surface area contributed by atoms with Gasteiger partial charge in [-0.2, -0.15) is 0 Å². The van der Waals surface area contributed by atoms with Crippen molar-refractivity contribution in [3.8, 4) is 0 Å². The van der Waals surface area contributed by atoms with E-state index >= 15 is 0 Å². The Hall–Kier alpha value is -4.47. The highest BCUT2D eigenvalue weighted by Crippen LogP contribution is 2.27. The third-order valence-electron chi connectivity index (χ3n) is 5.42. The molecule has 1 aliphatic heterocycles. The summed E-state index contributed by atoms with van der Waals surface area (Å²) in [6.07, 6.45) is 3.44. The van der Waals surface area contributed by atoms with Crippen molar-refractivity contribution in [1.29, 1.82) is 5.41 Å². The van der Waals surface area contributed by atoms with E-state index in [0.29, 0.717) is 24.1 Å². The molecule has 1 saturated heterocycles. The molecule has 10 nitrogen and oxygen atoms in total. The van der Waals surface area contributed by atoms with Crippen LogP contribution in [0.25, 0.3) is 6.08 Å². The number of amidine groups is 1. The summed E-state index contributed by atoms with van der Waals surface area (Å²) in [5.74, 6) is -1.52. The molecule has 3 rings (SSSR count). The number of rotatable bonds is 10. The predicted molar refractivity (Wildman–Crippen MR) is 129 cm³/mol. The van der Waals surface area contributed by atoms with E-state index in [0.717, 1.165) is 10.5 Å². The topological polar surface area (TPSA) is 146 Å². The number of benzene rings is 2. The van der Waals surface area contributed by atoms with Crippen LogP contribution in [-0.4, -0.2) is 66.2 Å². The number of nitrogens with two attached hydrogens (primary N) is 1.